The maximum Gasteiger partial charge on any atom is 0.275 e. The number of carbonyl (C=O) groups excluding carboxylic acids is 1. The molecule has 1 aromatic heterocycles. The Bertz CT molecular complexity index is 843. The molecule has 6 nitrogen and oxygen atoms in total. The molecule has 0 spiro atoms. The SMILES string of the molecule is CCC1CN(C(=O)Cn2nc(C)c3ccccc3c2=O)CC1N(C)C. The largest absolute Gasteiger partial charge is 0.339 e. The molecule has 2 unspecified atom stereocenters. The molecule has 2 heterocycles. The minimum absolute atomic E-state index is 0.00108. The van der Waals surface area contributed by atoms with Crippen molar-refractivity contribution in [2.45, 2.75) is 32.9 Å². The van der Waals surface area contributed by atoms with Crippen LogP contribution in [0, 0.1) is 12.8 Å². The number of likely N-dealkylation sites (tertiary alicyclic amines) is 1. The van der Waals surface area contributed by atoms with E-state index in [9.17, 15) is 9.59 Å². The number of aromatic nitrogens is 2. The van der Waals surface area contributed by atoms with Gasteiger partial charge in [0.15, 0.2) is 0 Å². The summed E-state index contributed by atoms with van der Waals surface area (Å²) in [7, 11) is 4.11. The molecule has 0 aliphatic carbocycles. The fourth-order valence-electron chi connectivity index (χ4n) is 3.78. The summed E-state index contributed by atoms with van der Waals surface area (Å²) < 4.78 is 1.31. The number of hydrogen-bond donors (Lipinski definition) is 0. The fraction of sp³-hybridized carbons (Fsp3) is 0.526. The van der Waals surface area contributed by atoms with Crippen molar-refractivity contribution in [2.75, 3.05) is 27.2 Å². The second-order valence-electron chi connectivity index (χ2n) is 7.09. The first-order valence-electron chi connectivity index (χ1n) is 8.83. The summed E-state index contributed by atoms with van der Waals surface area (Å²) in [5.41, 5.74) is 0.562. The van der Waals surface area contributed by atoms with Gasteiger partial charge in [0.2, 0.25) is 5.91 Å². The minimum Gasteiger partial charge on any atom is -0.339 e. The van der Waals surface area contributed by atoms with E-state index in [-0.39, 0.29) is 18.0 Å². The highest BCUT2D eigenvalue weighted by atomic mass is 16.2. The smallest absolute Gasteiger partial charge is 0.275 e. The van der Waals surface area contributed by atoms with E-state index in [0.717, 1.165) is 24.0 Å². The minimum atomic E-state index is -0.204. The van der Waals surface area contributed by atoms with Crippen LogP contribution in [-0.4, -0.2) is 58.7 Å². The van der Waals surface area contributed by atoms with Gasteiger partial charge in [-0.2, -0.15) is 5.10 Å². The van der Waals surface area contributed by atoms with Gasteiger partial charge in [-0.3, -0.25) is 9.59 Å². The molecular formula is C19H26N4O2. The number of benzene rings is 1. The van der Waals surface area contributed by atoms with Gasteiger partial charge in [-0.05, 0) is 33.0 Å². The number of nitrogens with zero attached hydrogens (tertiary/aromatic N) is 4. The first kappa shape index (κ1) is 17.6. The van der Waals surface area contributed by atoms with Gasteiger partial charge in [0.05, 0.1) is 11.1 Å². The van der Waals surface area contributed by atoms with Crippen LogP contribution in [0.5, 0.6) is 0 Å². The average Bonchev–Trinajstić information content (AvgIpc) is 3.04. The maximum atomic E-state index is 12.8. The highest BCUT2D eigenvalue weighted by molar-refractivity contribution is 5.83. The fourth-order valence-corrected chi connectivity index (χ4v) is 3.78. The third-order valence-electron chi connectivity index (χ3n) is 5.28. The molecule has 0 saturated carbocycles. The summed E-state index contributed by atoms with van der Waals surface area (Å²) in [6.07, 6.45) is 1.04. The third kappa shape index (κ3) is 3.31. The Morgan fingerprint density at radius 1 is 1.24 bits per heavy atom. The maximum absolute atomic E-state index is 12.8. The van der Waals surface area contributed by atoms with Crippen molar-refractivity contribution >= 4 is 16.7 Å². The van der Waals surface area contributed by atoms with Gasteiger partial charge in [-0.1, -0.05) is 31.5 Å². The lowest BCUT2D eigenvalue weighted by atomic mass is 10.0. The predicted octanol–water partition coefficient (Wildman–Crippen LogP) is 1.50. The van der Waals surface area contributed by atoms with E-state index in [2.05, 4.69) is 31.0 Å². The van der Waals surface area contributed by atoms with Crippen LogP contribution in [0.25, 0.3) is 10.8 Å². The number of aryl methyl sites for hydroxylation is 1. The van der Waals surface area contributed by atoms with E-state index in [0.29, 0.717) is 23.9 Å². The second-order valence-corrected chi connectivity index (χ2v) is 7.09. The number of rotatable bonds is 4. The Kier molecular flexibility index (Phi) is 4.90. The van der Waals surface area contributed by atoms with E-state index in [1.807, 2.05) is 30.0 Å². The number of amides is 1. The van der Waals surface area contributed by atoms with Crippen LogP contribution in [-0.2, 0) is 11.3 Å². The molecule has 1 saturated heterocycles. The average molecular weight is 342 g/mol. The Morgan fingerprint density at radius 3 is 2.52 bits per heavy atom. The molecule has 2 atom stereocenters. The lowest BCUT2D eigenvalue weighted by Gasteiger charge is -2.23. The van der Waals surface area contributed by atoms with Crippen molar-refractivity contribution < 1.29 is 4.79 Å². The molecule has 1 amide bonds. The molecule has 134 valence electrons. The standard InChI is InChI=1S/C19H26N4O2/c1-5-14-10-22(11-17(14)21(3)4)18(24)12-23-19(25)16-9-7-6-8-15(16)13(2)20-23/h6-9,14,17H,5,10-12H2,1-4H3. The lowest BCUT2D eigenvalue weighted by molar-refractivity contribution is -0.131. The third-order valence-corrected chi connectivity index (χ3v) is 5.28. The summed E-state index contributed by atoms with van der Waals surface area (Å²) in [5, 5.41) is 5.81. The summed E-state index contributed by atoms with van der Waals surface area (Å²) in [6, 6.07) is 7.78. The van der Waals surface area contributed by atoms with Crippen molar-refractivity contribution in [3.05, 3.63) is 40.3 Å². The van der Waals surface area contributed by atoms with Gasteiger partial charge < -0.3 is 9.80 Å². The lowest BCUT2D eigenvalue weighted by Crippen LogP contribution is -2.38. The monoisotopic (exact) mass is 342 g/mol. The molecule has 0 bridgehead atoms. The van der Waals surface area contributed by atoms with Crippen molar-refractivity contribution in [1.82, 2.24) is 19.6 Å². The Balaban J connectivity index is 1.83. The first-order valence-corrected chi connectivity index (χ1v) is 8.83. The van der Waals surface area contributed by atoms with Gasteiger partial charge >= 0.3 is 0 Å². The van der Waals surface area contributed by atoms with Crippen LogP contribution in [0.15, 0.2) is 29.1 Å². The van der Waals surface area contributed by atoms with Gasteiger partial charge in [0.1, 0.15) is 6.54 Å². The normalized spacial score (nSPS) is 20.6. The van der Waals surface area contributed by atoms with Gasteiger partial charge in [-0.25, -0.2) is 4.68 Å². The Morgan fingerprint density at radius 2 is 1.92 bits per heavy atom. The zero-order valence-electron chi connectivity index (χ0n) is 15.4. The van der Waals surface area contributed by atoms with E-state index in [4.69, 9.17) is 0 Å². The zero-order valence-corrected chi connectivity index (χ0v) is 15.4. The van der Waals surface area contributed by atoms with Crippen molar-refractivity contribution in [2.24, 2.45) is 5.92 Å². The van der Waals surface area contributed by atoms with Crippen molar-refractivity contribution in [3.8, 4) is 0 Å². The zero-order chi connectivity index (χ0) is 18.1. The molecule has 1 aromatic carbocycles. The van der Waals surface area contributed by atoms with Crippen LogP contribution in [0.2, 0.25) is 0 Å². The Labute approximate surface area is 148 Å². The second kappa shape index (κ2) is 6.96. The van der Waals surface area contributed by atoms with E-state index < -0.39 is 0 Å². The molecule has 0 N–H and O–H groups in total. The van der Waals surface area contributed by atoms with E-state index in [1.165, 1.54) is 4.68 Å². The molecule has 1 fully saturated rings. The molecule has 1 aliphatic heterocycles. The number of fused-ring (bicyclic) bond motifs is 1. The number of likely N-dealkylation sites (N-methyl/N-ethyl adjacent to an activating group) is 1. The van der Waals surface area contributed by atoms with Crippen LogP contribution in [0.1, 0.15) is 19.0 Å². The van der Waals surface area contributed by atoms with Gasteiger partial charge in [0, 0.05) is 24.5 Å². The highest BCUT2D eigenvalue weighted by Crippen LogP contribution is 2.23. The van der Waals surface area contributed by atoms with E-state index in [1.54, 1.807) is 6.07 Å². The number of hydrogen-bond acceptors (Lipinski definition) is 4. The van der Waals surface area contributed by atoms with Crippen LogP contribution in [0.4, 0.5) is 0 Å². The van der Waals surface area contributed by atoms with Crippen LogP contribution >= 0.6 is 0 Å². The van der Waals surface area contributed by atoms with Crippen molar-refractivity contribution in [3.63, 3.8) is 0 Å². The highest BCUT2D eigenvalue weighted by Gasteiger charge is 2.35. The molecule has 25 heavy (non-hydrogen) atoms. The molecule has 6 heteroatoms. The topological polar surface area (TPSA) is 58.4 Å². The van der Waals surface area contributed by atoms with E-state index >= 15 is 0 Å². The van der Waals surface area contributed by atoms with Crippen molar-refractivity contribution in [1.29, 1.82) is 0 Å². The van der Waals surface area contributed by atoms with Gasteiger partial charge in [-0.15, -0.1) is 0 Å². The molecule has 1 aliphatic rings. The molecule has 3 rings (SSSR count). The summed E-state index contributed by atoms with van der Waals surface area (Å²) in [6.45, 7) is 5.49. The first-order chi connectivity index (χ1) is 11.9. The molecular weight excluding hydrogens is 316 g/mol. The van der Waals surface area contributed by atoms with Crippen LogP contribution in [0.3, 0.4) is 0 Å². The molecule has 2 aromatic rings. The quantitative estimate of drug-likeness (QED) is 0.845. The summed E-state index contributed by atoms with van der Waals surface area (Å²) >= 11 is 0. The van der Waals surface area contributed by atoms with Gasteiger partial charge in [0.25, 0.3) is 5.56 Å². The molecule has 0 radical (unpaired) electrons. The van der Waals surface area contributed by atoms with Crippen LogP contribution < -0.4 is 5.56 Å². The predicted molar refractivity (Wildman–Crippen MR) is 98.6 cm³/mol. The number of carbonyl (C=O) groups is 1. The Hall–Kier alpha value is -2.21. The summed E-state index contributed by atoms with van der Waals surface area (Å²) in [5.74, 6) is 0.439. The summed E-state index contributed by atoms with van der Waals surface area (Å²) in [4.78, 5) is 29.5.